The highest BCUT2D eigenvalue weighted by Gasteiger charge is 2.04. The van der Waals surface area contributed by atoms with Crippen LogP contribution in [0.3, 0.4) is 0 Å². The molecule has 0 amide bonds. The number of hydrogen-bond donors (Lipinski definition) is 0. The van der Waals surface area contributed by atoms with Gasteiger partial charge in [0.2, 0.25) is 0 Å². The monoisotopic (exact) mass is 222 g/mol. The van der Waals surface area contributed by atoms with Crippen LogP contribution in [0, 0.1) is 25.2 Å². The van der Waals surface area contributed by atoms with Crippen LogP contribution in [0.1, 0.15) is 16.7 Å². The van der Waals surface area contributed by atoms with Crippen molar-refractivity contribution in [3.8, 4) is 17.3 Å². The summed E-state index contributed by atoms with van der Waals surface area (Å²) in [4.78, 5) is 4.38. The lowest BCUT2D eigenvalue weighted by Crippen LogP contribution is -1.90. The largest absolute Gasteiger partial charge is 0.256 e. The molecule has 0 aliphatic heterocycles. The van der Waals surface area contributed by atoms with E-state index in [0.717, 1.165) is 16.8 Å². The lowest BCUT2D eigenvalue weighted by Gasteiger charge is -2.07. The first-order valence-corrected chi connectivity index (χ1v) is 5.60. The van der Waals surface area contributed by atoms with Crippen molar-refractivity contribution >= 4 is 0 Å². The topological polar surface area (TPSA) is 36.7 Å². The molecular weight excluding hydrogens is 208 g/mol. The van der Waals surface area contributed by atoms with Gasteiger partial charge < -0.3 is 0 Å². The molecule has 2 rings (SSSR count). The first-order chi connectivity index (χ1) is 8.20. The summed E-state index contributed by atoms with van der Waals surface area (Å²) in [6, 6.07) is 12.4. The van der Waals surface area contributed by atoms with Gasteiger partial charge >= 0.3 is 0 Å². The van der Waals surface area contributed by atoms with E-state index >= 15 is 0 Å². The molecule has 0 fully saturated rings. The maximum atomic E-state index is 8.71. The number of pyridine rings is 1. The molecule has 0 saturated heterocycles. The van der Waals surface area contributed by atoms with Gasteiger partial charge in [-0.25, -0.2) is 0 Å². The van der Waals surface area contributed by atoms with E-state index in [0.29, 0.717) is 6.42 Å². The molecule has 0 atom stereocenters. The number of aromatic nitrogens is 1. The Labute approximate surface area is 102 Å². The van der Waals surface area contributed by atoms with Crippen LogP contribution in [0.15, 0.2) is 36.5 Å². The van der Waals surface area contributed by atoms with Gasteiger partial charge in [0.25, 0.3) is 0 Å². The van der Waals surface area contributed by atoms with Crippen molar-refractivity contribution in [1.82, 2.24) is 4.98 Å². The van der Waals surface area contributed by atoms with Crippen molar-refractivity contribution < 1.29 is 0 Å². The summed E-state index contributed by atoms with van der Waals surface area (Å²) in [5, 5.41) is 8.71. The molecule has 1 heterocycles. The predicted molar refractivity (Wildman–Crippen MR) is 68.5 cm³/mol. The lowest BCUT2D eigenvalue weighted by atomic mass is 10.0. The second kappa shape index (κ2) is 4.80. The molecule has 0 aliphatic rings. The van der Waals surface area contributed by atoms with Crippen LogP contribution in [0.25, 0.3) is 11.3 Å². The third kappa shape index (κ3) is 2.51. The summed E-state index contributed by atoms with van der Waals surface area (Å²) in [7, 11) is 0. The Hall–Kier alpha value is -2.14. The molecule has 2 nitrogen and oxygen atoms in total. The van der Waals surface area contributed by atoms with Crippen LogP contribution in [0.4, 0.5) is 0 Å². The average molecular weight is 222 g/mol. The Morgan fingerprint density at radius 3 is 2.76 bits per heavy atom. The first-order valence-electron chi connectivity index (χ1n) is 5.60. The summed E-state index contributed by atoms with van der Waals surface area (Å²) >= 11 is 0. The van der Waals surface area contributed by atoms with E-state index in [4.69, 9.17) is 5.26 Å². The zero-order valence-corrected chi connectivity index (χ0v) is 10.1. The van der Waals surface area contributed by atoms with Gasteiger partial charge in [0, 0.05) is 11.8 Å². The third-order valence-corrected chi connectivity index (χ3v) is 2.78. The molecule has 0 unspecified atom stereocenters. The minimum Gasteiger partial charge on any atom is -0.256 e. The molecular formula is C15H14N2. The van der Waals surface area contributed by atoms with Crippen molar-refractivity contribution in [3.63, 3.8) is 0 Å². The number of aryl methyl sites for hydroxylation is 2. The van der Waals surface area contributed by atoms with Gasteiger partial charge in [-0.15, -0.1) is 0 Å². The summed E-state index contributed by atoms with van der Waals surface area (Å²) in [6.45, 7) is 4.15. The van der Waals surface area contributed by atoms with Gasteiger partial charge in [0.1, 0.15) is 0 Å². The van der Waals surface area contributed by atoms with Gasteiger partial charge in [0.15, 0.2) is 0 Å². The van der Waals surface area contributed by atoms with E-state index in [1.807, 2.05) is 12.1 Å². The Kier molecular flexibility index (Phi) is 3.20. The highest BCUT2D eigenvalue weighted by atomic mass is 14.7. The van der Waals surface area contributed by atoms with Crippen molar-refractivity contribution in [2.24, 2.45) is 0 Å². The molecule has 1 aromatic heterocycles. The fraction of sp³-hybridized carbons (Fsp3) is 0.200. The van der Waals surface area contributed by atoms with E-state index in [9.17, 15) is 0 Å². The number of benzene rings is 1. The Balaban J connectivity index is 2.49. The SMILES string of the molecule is Cc1ccc(C)c(-c2cc(CC#N)ccn2)c1. The molecule has 0 bridgehead atoms. The molecule has 0 aliphatic carbocycles. The fourth-order valence-electron chi connectivity index (χ4n) is 1.83. The first kappa shape index (κ1) is 11.3. The average Bonchev–Trinajstić information content (AvgIpc) is 2.33. The van der Waals surface area contributed by atoms with E-state index in [2.05, 4.69) is 43.1 Å². The molecule has 0 N–H and O–H groups in total. The van der Waals surface area contributed by atoms with Crippen LogP contribution >= 0.6 is 0 Å². The number of hydrogen-bond acceptors (Lipinski definition) is 2. The Bertz CT molecular complexity index is 580. The smallest absolute Gasteiger partial charge is 0.0707 e. The molecule has 0 radical (unpaired) electrons. The minimum absolute atomic E-state index is 0.431. The molecule has 2 heteroatoms. The van der Waals surface area contributed by atoms with Crippen LogP contribution in [0.5, 0.6) is 0 Å². The second-order valence-corrected chi connectivity index (χ2v) is 4.20. The van der Waals surface area contributed by atoms with Crippen molar-refractivity contribution in [2.75, 3.05) is 0 Å². The zero-order chi connectivity index (χ0) is 12.3. The zero-order valence-electron chi connectivity index (χ0n) is 10.1. The van der Waals surface area contributed by atoms with E-state index in [1.54, 1.807) is 6.20 Å². The standard InChI is InChI=1S/C15H14N2/c1-11-3-4-12(2)14(9-11)15-10-13(5-7-16)6-8-17-15/h3-4,6,8-10H,5H2,1-2H3. The van der Waals surface area contributed by atoms with Crippen LogP contribution in [-0.2, 0) is 6.42 Å². The quantitative estimate of drug-likeness (QED) is 0.780. The maximum absolute atomic E-state index is 8.71. The summed E-state index contributed by atoms with van der Waals surface area (Å²) in [5.41, 5.74) is 5.53. The molecule has 0 spiro atoms. The molecule has 17 heavy (non-hydrogen) atoms. The molecule has 0 saturated carbocycles. The maximum Gasteiger partial charge on any atom is 0.0707 e. The highest BCUT2D eigenvalue weighted by molar-refractivity contribution is 5.64. The lowest BCUT2D eigenvalue weighted by molar-refractivity contribution is 1.21. The van der Waals surface area contributed by atoms with Crippen LogP contribution < -0.4 is 0 Å². The van der Waals surface area contributed by atoms with Gasteiger partial charge in [-0.2, -0.15) is 5.26 Å². The van der Waals surface area contributed by atoms with E-state index < -0.39 is 0 Å². The van der Waals surface area contributed by atoms with Gasteiger partial charge in [-0.1, -0.05) is 17.7 Å². The highest BCUT2D eigenvalue weighted by Crippen LogP contribution is 2.23. The minimum atomic E-state index is 0.431. The summed E-state index contributed by atoms with van der Waals surface area (Å²) in [5.74, 6) is 0. The number of nitrogens with zero attached hydrogens (tertiary/aromatic N) is 2. The van der Waals surface area contributed by atoms with Gasteiger partial charge in [0.05, 0.1) is 18.2 Å². The normalized spacial score (nSPS) is 9.94. The van der Waals surface area contributed by atoms with Gasteiger partial charge in [-0.3, -0.25) is 4.98 Å². The molecule has 84 valence electrons. The van der Waals surface area contributed by atoms with Crippen molar-refractivity contribution in [2.45, 2.75) is 20.3 Å². The number of rotatable bonds is 2. The van der Waals surface area contributed by atoms with Crippen molar-refractivity contribution in [3.05, 3.63) is 53.2 Å². The third-order valence-electron chi connectivity index (χ3n) is 2.78. The van der Waals surface area contributed by atoms with Crippen molar-refractivity contribution in [1.29, 1.82) is 5.26 Å². The van der Waals surface area contributed by atoms with Crippen LogP contribution in [-0.4, -0.2) is 4.98 Å². The fourth-order valence-corrected chi connectivity index (χ4v) is 1.83. The van der Waals surface area contributed by atoms with Gasteiger partial charge in [-0.05, 0) is 43.2 Å². The van der Waals surface area contributed by atoms with Crippen LogP contribution in [0.2, 0.25) is 0 Å². The molecule has 2 aromatic rings. The molecule has 1 aromatic carbocycles. The summed E-state index contributed by atoms with van der Waals surface area (Å²) in [6.07, 6.45) is 2.20. The Morgan fingerprint density at radius 1 is 1.18 bits per heavy atom. The van der Waals surface area contributed by atoms with E-state index in [-0.39, 0.29) is 0 Å². The predicted octanol–water partition coefficient (Wildman–Crippen LogP) is 3.43. The Morgan fingerprint density at radius 2 is 2.00 bits per heavy atom. The summed E-state index contributed by atoms with van der Waals surface area (Å²) < 4.78 is 0. The second-order valence-electron chi connectivity index (χ2n) is 4.20. The van der Waals surface area contributed by atoms with E-state index in [1.165, 1.54) is 11.1 Å². The number of nitriles is 1.